The molecule has 1 saturated heterocycles. The Labute approximate surface area is 106 Å². The number of aromatic nitrogens is 1. The van der Waals surface area contributed by atoms with Gasteiger partial charge < -0.3 is 10.2 Å². The fourth-order valence-corrected chi connectivity index (χ4v) is 3.27. The van der Waals surface area contributed by atoms with Gasteiger partial charge in [0.05, 0.1) is 6.04 Å². The third kappa shape index (κ3) is 2.84. The van der Waals surface area contributed by atoms with Crippen LogP contribution in [0.15, 0.2) is 6.20 Å². The summed E-state index contributed by atoms with van der Waals surface area (Å²) in [6.45, 7) is 6.28. The van der Waals surface area contributed by atoms with E-state index in [0.717, 1.165) is 37.5 Å². The Morgan fingerprint density at radius 3 is 3.24 bits per heavy atom. The van der Waals surface area contributed by atoms with Gasteiger partial charge in [-0.05, 0) is 6.42 Å². The number of thiazole rings is 1. The summed E-state index contributed by atoms with van der Waals surface area (Å²) >= 11 is 1.74. The Morgan fingerprint density at radius 2 is 2.53 bits per heavy atom. The van der Waals surface area contributed by atoms with Crippen LogP contribution >= 0.6 is 11.3 Å². The number of hydrogen-bond donors (Lipinski definition) is 1. The Hall–Kier alpha value is -0.940. The first-order valence-corrected chi connectivity index (χ1v) is 6.96. The van der Waals surface area contributed by atoms with Gasteiger partial charge in [0.25, 0.3) is 0 Å². The SMILES string of the molecule is CCCc1cnc(C2CNCCN2C(C)=O)s1. The fraction of sp³-hybridized carbons (Fsp3) is 0.667. The molecule has 5 heteroatoms. The number of carbonyl (C=O) groups excluding carboxylic acids is 1. The molecule has 1 amide bonds. The molecule has 2 rings (SSSR count). The summed E-state index contributed by atoms with van der Waals surface area (Å²) in [7, 11) is 0. The molecule has 2 heterocycles. The van der Waals surface area contributed by atoms with Gasteiger partial charge in [0, 0.05) is 37.6 Å². The molecule has 1 aromatic rings. The van der Waals surface area contributed by atoms with Crippen molar-refractivity contribution in [3.8, 4) is 0 Å². The molecule has 0 aliphatic carbocycles. The van der Waals surface area contributed by atoms with E-state index in [4.69, 9.17) is 0 Å². The van der Waals surface area contributed by atoms with E-state index in [9.17, 15) is 4.79 Å². The number of hydrogen-bond acceptors (Lipinski definition) is 4. The van der Waals surface area contributed by atoms with Gasteiger partial charge in [-0.3, -0.25) is 4.79 Å². The number of carbonyl (C=O) groups is 1. The predicted molar refractivity (Wildman–Crippen MR) is 69.1 cm³/mol. The third-order valence-electron chi connectivity index (χ3n) is 3.00. The van der Waals surface area contributed by atoms with Crippen LogP contribution in [0.3, 0.4) is 0 Å². The number of amides is 1. The Kier molecular flexibility index (Phi) is 4.12. The average molecular weight is 253 g/mol. The maximum Gasteiger partial charge on any atom is 0.220 e. The summed E-state index contributed by atoms with van der Waals surface area (Å²) in [4.78, 5) is 19.3. The molecule has 17 heavy (non-hydrogen) atoms. The molecular formula is C12H19N3OS. The van der Waals surface area contributed by atoms with Gasteiger partial charge in [0.1, 0.15) is 5.01 Å². The highest BCUT2D eigenvalue weighted by Crippen LogP contribution is 2.27. The Bertz CT molecular complexity index is 391. The summed E-state index contributed by atoms with van der Waals surface area (Å²) in [5, 5.41) is 4.40. The monoisotopic (exact) mass is 253 g/mol. The van der Waals surface area contributed by atoms with Crippen LogP contribution in [-0.2, 0) is 11.2 Å². The molecular weight excluding hydrogens is 234 g/mol. The van der Waals surface area contributed by atoms with Gasteiger partial charge in [0.15, 0.2) is 0 Å². The molecule has 1 N–H and O–H groups in total. The summed E-state index contributed by atoms with van der Waals surface area (Å²) in [5.41, 5.74) is 0. The van der Waals surface area contributed by atoms with Crippen LogP contribution in [-0.4, -0.2) is 35.4 Å². The van der Waals surface area contributed by atoms with Crippen LogP contribution in [0.4, 0.5) is 0 Å². The number of piperazine rings is 1. The normalized spacial score (nSPS) is 20.6. The number of aryl methyl sites for hydroxylation is 1. The lowest BCUT2D eigenvalue weighted by molar-refractivity contribution is -0.132. The van der Waals surface area contributed by atoms with Crippen molar-refractivity contribution in [3.63, 3.8) is 0 Å². The van der Waals surface area contributed by atoms with E-state index in [-0.39, 0.29) is 11.9 Å². The topological polar surface area (TPSA) is 45.2 Å². The highest BCUT2D eigenvalue weighted by atomic mass is 32.1. The smallest absolute Gasteiger partial charge is 0.220 e. The van der Waals surface area contributed by atoms with Crippen molar-refractivity contribution >= 4 is 17.2 Å². The minimum Gasteiger partial charge on any atom is -0.331 e. The van der Waals surface area contributed by atoms with Crippen molar-refractivity contribution in [2.45, 2.75) is 32.7 Å². The second-order valence-electron chi connectivity index (χ2n) is 4.35. The van der Waals surface area contributed by atoms with Crippen molar-refractivity contribution in [2.24, 2.45) is 0 Å². The summed E-state index contributed by atoms with van der Waals surface area (Å²) in [5.74, 6) is 0.142. The van der Waals surface area contributed by atoms with Gasteiger partial charge in [0.2, 0.25) is 5.91 Å². The Balaban J connectivity index is 2.14. The van der Waals surface area contributed by atoms with Crippen molar-refractivity contribution in [3.05, 3.63) is 16.1 Å². The lowest BCUT2D eigenvalue weighted by atomic mass is 10.2. The number of nitrogens with zero attached hydrogens (tertiary/aromatic N) is 2. The van der Waals surface area contributed by atoms with E-state index < -0.39 is 0 Å². The molecule has 1 atom stereocenters. The number of nitrogens with one attached hydrogen (secondary N) is 1. The maximum absolute atomic E-state index is 11.6. The molecule has 1 fully saturated rings. The van der Waals surface area contributed by atoms with E-state index in [1.54, 1.807) is 18.3 Å². The van der Waals surface area contributed by atoms with E-state index in [1.807, 2.05) is 11.1 Å². The van der Waals surface area contributed by atoms with E-state index in [1.165, 1.54) is 4.88 Å². The number of rotatable bonds is 3. The molecule has 0 radical (unpaired) electrons. The molecule has 0 aromatic carbocycles. The maximum atomic E-state index is 11.6. The molecule has 0 saturated carbocycles. The molecule has 4 nitrogen and oxygen atoms in total. The lowest BCUT2D eigenvalue weighted by Gasteiger charge is -2.34. The van der Waals surface area contributed by atoms with E-state index >= 15 is 0 Å². The first-order valence-electron chi connectivity index (χ1n) is 6.15. The molecule has 1 aliphatic heterocycles. The van der Waals surface area contributed by atoms with Gasteiger partial charge in [-0.15, -0.1) is 11.3 Å². The minimum absolute atomic E-state index is 0.122. The van der Waals surface area contributed by atoms with Crippen LogP contribution in [0, 0.1) is 0 Å². The van der Waals surface area contributed by atoms with Gasteiger partial charge in [-0.1, -0.05) is 13.3 Å². The van der Waals surface area contributed by atoms with Crippen LogP contribution in [0.5, 0.6) is 0 Å². The second-order valence-corrected chi connectivity index (χ2v) is 5.49. The van der Waals surface area contributed by atoms with Crippen molar-refractivity contribution in [1.29, 1.82) is 0 Å². The highest BCUT2D eigenvalue weighted by molar-refractivity contribution is 7.11. The largest absolute Gasteiger partial charge is 0.331 e. The van der Waals surface area contributed by atoms with Crippen molar-refractivity contribution < 1.29 is 4.79 Å². The van der Waals surface area contributed by atoms with Crippen molar-refractivity contribution in [1.82, 2.24) is 15.2 Å². The van der Waals surface area contributed by atoms with Gasteiger partial charge in [-0.25, -0.2) is 4.98 Å². The summed E-state index contributed by atoms with van der Waals surface area (Å²) < 4.78 is 0. The van der Waals surface area contributed by atoms with Gasteiger partial charge in [-0.2, -0.15) is 0 Å². The first-order chi connectivity index (χ1) is 8.22. The molecule has 1 aliphatic rings. The average Bonchev–Trinajstić information content (AvgIpc) is 2.78. The second kappa shape index (κ2) is 5.60. The van der Waals surface area contributed by atoms with E-state index in [2.05, 4.69) is 17.2 Å². The lowest BCUT2D eigenvalue weighted by Crippen LogP contribution is -2.47. The zero-order valence-electron chi connectivity index (χ0n) is 10.4. The molecule has 1 unspecified atom stereocenters. The highest BCUT2D eigenvalue weighted by Gasteiger charge is 2.27. The van der Waals surface area contributed by atoms with Crippen molar-refractivity contribution in [2.75, 3.05) is 19.6 Å². The zero-order chi connectivity index (χ0) is 12.3. The third-order valence-corrected chi connectivity index (χ3v) is 4.16. The van der Waals surface area contributed by atoms with Crippen LogP contribution < -0.4 is 5.32 Å². The van der Waals surface area contributed by atoms with Crippen LogP contribution in [0.2, 0.25) is 0 Å². The summed E-state index contributed by atoms with van der Waals surface area (Å²) in [6.07, 6.45) is 4.18. The molecule has 0 spiro atoms. The summed E-state index contributed by atoms with van der Waals surface area (Å²) in [6, 6.07) is 0.122. The van der Waals surface area contributed by atoms with E-state index in [0.29, 0.717) is 0 Å². The predicted octanol–water partition coefficient (Wildman–Crippen LogP) is 1.59. The van der Waals surface area contributed by atoms with Crippen LogP contribution in [0.25, 0.3) is 0 Å². The fourth-order valence-electron chi connectivity index (χ4n) is 2.14. The van der Waals surface area contributed by atoms with Gasteiger partial charge >= 0.3 is 0 Å². The Morgan fingerprint density at radius 1 is 1.71 bits per heavy atom. The molecule has 94 valence electrons. The quantitative estimate of drug-likeness (QED) is 0.889. The zero-order valence-corrected chi connectivity index (χ0v) is 11.2. The first kappa shape index (κ1) is 12.5. The minimum atomic E-state index is 0.122. The standard InChI is InChI=1S/C12H19N3OS/c1-3-4-10-7-14-12(17-10)11-8-13-5-6-15(11)9(2)16/h7,11,13H,3-6,8H2,1-2H3. The molecule has 1 aromatic heterocycles. The van der Waals surface area contributed by atoms with Crippen LogP contribution in [0.1, 0.15) is 36.2 Å². The molecule has 0 bridgehead atoms.